The number of hydrogen-bond donors (Lipinski definition) is 1. The molecule has 1 amide bonds. The molecule has 1 aliphatic carbocycles. The predicted molar refractivity (Wildman–Crippen MR) is 68.8 cm³/mol. The lowest BCUT2D eigenvalue weighted by Crippen LogP contribution is -2.52. The van der Waals surface area contributed by atoms with Crippen LogP contribution in [0.4, 0.5) is 0 Å². The van der Waals surface area contributed by atoms with Crippen LogP contribution in [-0.4, -0.2) is 42.0 Å². The third-order valence-corrected chi connectivity index (χ3v) is 3.07. The first-order valence-corrected chi connectivity index (χ1v) is 6.49. The number of amides is 1. The van der Waals surface area contributed by atoms with Gasteiger partial charge < -0.3 is 15.4 Å². The van der Waals surface area contributed by atoms with Crippen molar-refractivity contribution in [2.24, 2.45) is 11.1 Å². The quantitative estimate of drug-likeness (QED) is 0.742. The Labute approximate surface area is 109 Å². The third-order valence-electron chi connectivity index (χ3n) is 3.07. The first-order valence-electron chi connectivity index (χ1n) is 6.49. The predicted octanol–water partition coefficient (Wildman–Crippen LogP) is 0.914. The second kappa shape index (κ2) is 5.69. The van der Waals surface area contributed by atoms with Crippen LogP contribution < -0.4 is 5.73 Å². The number of nitrogens with two attached hydrogens (primary N) is 1. The summed E-state index contributed by atoms with van der Waals surface area (Å²) in [4.78, 5) is 25.4. The van der Waals surface area contributed by atoms with Crippen molar-refractivity contribution in [2.75, 3.05) is 13.2 Å². The van der Waals surface area contributed by atoms with Crippen molar-refractivity contribution in [3.63, 3.8) is 0 Å². The number of carbonyl (C=O) groups is 2. The van der Waals surface area contributed by atoms with Gasteiger partial charge in [0.1, 0.15) is 6.54 Å². The molecule has 0 radical (unpaired) electrons. The van der Waals surface area contributed by atoms with Gasteiger partial charge in [-0.15, -0.1) is 0 Å². The van der Waals surface area contributed by atoms with Gasteiger partial charge in [-0.3, -0.25) is 9.59 Å². The third kappa shape index (κ3) is 3.98. The lowest BCUT2D eigenvalue weighted by Gasteiger charge is -2.31. The minimum Gasteiger partial charge on any atom is -0.465 e. The van der Waals surface area contributed by atoms with Crippen molar-refractivity contribution in [3.8, 4) is 0 Å². The molecule has 0 bridgehead atoms. The Morgan fingerprint density at radius 3 is 2.33 bits per heavy atom. The molecule has 0 saturated heterocycles. The van der Waals surface area contributed by atoms with Crippen LogP contribution in [0.1, 0.15) is 40.5 Å². The molecule has 1 aliphatic rings. The largest absolute Gasteiger partial charge is 0.465 e. The van der Waals surface area contributed by atoms with Gasteiger partial charge in [0.2, 0.25) is 5.91 Å². The summed E-state index contributed by atoms with van der Waals surface area (Å²) in [6.45, 7) is 7.86. The van der Waals surface area contributed by atoms with E-state index < -0.39 is 6.04 Å². The fourth-order valence-electron chi connectivity index (χ4n) is 1.67. The number of esters is 1. The zero-order valence-electron chi connectivity index (χ0n) is 11.7. The smallest absolute Gasteiger partial charge is 0.325 e. The number of ether oxygens (including phenoxy) is 1. The lowest BCUT2D eigenvalue weighted by atomic mass is 9.86. The van der Waals surface area contributed by atoms with E-state index in [-0.39, 0.29) is 29.9 Å². The highest BCUT2D eigenvalue weighted by Crippen LogP contribution is 2.29. The van der Waals surface area contributed by atoms with Gasteiger partial charge in [0.05, 0.1) is 12.6 Å². The van der Waals surface area contributed by atoms with E-state index in [1.165, 1.54) is 0 Å². The molecule has 18 heavy (non-hydrogen) atoms. The molecular weight excluding hydrogens is 232 g/mol. The Morgan fingerprint density at radius 2 is 1.94 bits per heavy atom. The molecule has 0 aliphatic heterocycles. The molecule has 104 valence electrons. The van der Waals surface area contributed by atoms with E-state index in [1.807, 2.05) is 20.8 Å². The molecule has 0 aromatic rings. The summed E-state index contributed by atoms with van der Waals surface area (Å²) in [5.74, 6) is -0.517. The zero-order valence-corrected chi connectivity index (χ0v) is 11.7. The van der Waals surface area contributed by atoms with E-state index in [9.17, 15) is 9.59 Å². The molecule has 2 N–H and O–H groups in total. The molecule has 5 nitrogen and oxygen atoms in total. The first kappa shape index (κ1) is 15.0. The molecule has 1 atom stereocenters. The molecule has 0 aromatic carbocycles. The minimum atomic E-state index is -0.590. The Morgan fingerprint density at radius 1 is 1.39 bits per heavy atom. The summed E-state index contributed by atoms with van der Waals surface area (Å²) in [6, 6.07) is -0.428. The maximum absolute atomic E-state index is 12.3. The topological polar surface area (TPSA) is 72.6 Å². The molecule has 0 spiro atoms. The van der Waals surface area contributed by atoms with Crippen molar-refractivity contribution in [1.82, 2.24) is 4.90 Å². The van der Waals surface area contributed by atoms with Gasteiger partial charge in [0.25, 0.3) is 0 Å². The average Bonchev–Trinajstić information content (AvgIpc) is 3.07. The van der Waals surface area contributed by atoms with E-state index in [0.29, 0.717) is 6.61 Å². The standard InChI is InChI=1S/C13H24N2O3/c1-5-18-10(16)8-15(9-6-7-9)12(17)11(14)13(2,3)4/h9,11H,5-8,14H2,1-4H3. The number of nitrogens with zero attached hydrogens (tertiary/aromatic N) is 1. The second-order valence-electron chi connectivity index (χ2n) is 5.85. The fourth-order valence-corrected chi connectivity index (χ4v) is 1.67. The normalized spacial score (nSPS) is 17.2. The highest BCUT2D eigenvalue weighted by Gasteiger charge is 2.39. The molecule has 1 unspecified atom stereocenters. The van der Waals surface area contributed by atoms with Crippen LogP contribution in [0.5, 0.6) is 0 Å². The van der Waals surface area contributed by atoms with Gasteiger partial charge in [0, 0.05) is 6.04 Å². The van der Waals surface area contributed by atoms with Crippen LogP contribution >= 0.6 is 0 Å². The summed E-state index contributed by atoms with van der Waals surface area (Å²) in [5.41, 5.74) is 5.66. The summed E-state index contributed by atoms with van der Waals surface area (Å²) in [7, 11) is 0. The maximum Gasteiger partial charge on any atom is 0.325 e. The van der Waals surface area contributed by atoms with E-state index in [2.05, 4.69) is 0 Å². The summed E-state index contributed by atoms with van der Waals surface area (Å²) < 4.78 is 4.89. The Bertz CT molecular complexity index is 319. The minimum absolute atomic E-state index is 0.0150. The molecule has 1 fully saturated rings. The van der Waals surface area contributed by atoms with Gasteiger partial charge in [-0.25, -0.2) is 0 Å². The molecule has 0 heterocycles. The van der Waals surface area contributed by atoms with Gasteiger partial charge in [-0.05, 0) is 25.2 Å². The molecular formula is C13H24N2O3. The SMILES string of the molecule is CCOC(=O)CN(C(=O)C(N)C(C)(C)C)C1CC1. The van der Waals surface area contributed by atoms with E-state index in [0.717, 1.165) is 12.8 Å². The van der Waals surface area contributed by atoms with Crippen molar-refractivity contribution >= 4 is 11.9 Å². The van der Waals surface area contributed by atoms with Gasteiger partial charge in [0.15, 0.2) is 0 Å². The first-order chi connectivity index (χ1) is 8.27. The Hall–Kier alpha value is -1.10. The highest BCUT2D eigenvalue weighted by atomic mass is 16.5. The molecule has 5 heteroatoms. The Kier molecular flexibility index (Phi) is 4.73. The van der Waals surface area contributed by atoms with Crippen molar-refractivity contribution in [2.45, 2.75) is 52.6 Å². The van der Waals surface area contributed by atoms with Crippen molar-refractivity contribution in [1.29, 1.82) is 0 Å². The maximum atomic E-state index is 12.3. The van der Waals surface area contributed by atoms with Crippen molar-refractivity contribution < 1.29 is 14.3 Å². The number of hydrogen-bond acceptors (Lipinski definition) is 4. The van der Waals surface area contributed by atoms with Gasteiger partial charge in [-0.1, -0.05) is 20.8 Å². The van der Waals surface area contributed by atoms with Crippen LogP contribution in [0.3, 0.4) is 0 Å². The molecule has 1 rings (SSSR count). The van der Waals surface area contributed by atoms with Crippen LogP contribution in [-0.2, 0) is 14.3 Å². The second-order valence-corrected chi connectivity index (χ2v) is 5.85. The number of carbonyl (C=O) groups excluding carboxylic acids is 2. The summed E-state index contributed by atoms with van der Waals surface area (Å²) in [6.07, 6.45) is 1.89. The Balaban J connectivity index is 2.67. The monoisotopic (exact) mass is 256 g/mol. The molecule has 1 saturated carbocycles. The fraction of sp³-hybridized carbons (Fsp3) is 0.846. The van der Waals surface area contributed by atoms with E-state index in [1.54, 1.807) is 11.8 Å². The van der Waals surface area contributed by atoms with Crippen molar-refractivity contribution in [3.05, 3.63) is 0 Å². The van der Waals surface area contributed by atoms with Crippen LogP contribution in [0.15, 0.2) is 0 Å². The molecule has 0 aromatic heterocycles. The lowest BCUT2D eigenvalue weighted by molar-refractivity contribution is -0.150. The van der Waals surface area contributed by atoms with E-state index >= 15 is 0 Å². The number of rotatable bonds is 5. The van der Waals surface area contributed by atoms with Crippen LogP contribution in [0, 0.1) is 5.41 Å². The summed E-state index contributed by atoms with van der Waals surface area (Å²) in [5, 5.41) is 0. The van der Waals surface area contributed by atoms with Gasteiger partial charge in [-0.2, -0.15) is 0 Å². The average molecular weight is 256 g/mol. The van der Waals surface area contributed by atoms with E-state index in [4.69, 9.17) is 10.5 Å². The highest BCUT2D eigenvalue weighted by molar-refractivity contribution is 5.86. The summed E-state index contributed by atoms with van der Waals surface area (Å²) >= 11 is 0. The van der Waals surface area contributed by atoms with Crippen LogP contribution in [0.25, 0.3) is 0 Å². The van der Waals surface area contributed by atoms with Crippen LogP contribution in [0.2, 0.25) is 0 Å². The zero-order chi connectivity index (χ0) is 13.9. The van der Waals surface area contributed by atoms with Gasteiger partial charge >= 0.3 is 5.97 Å².